The molecule has 0 amide bonds. The third kappa shape index (κ3) is 17.4. The number of ether oxygens (including phenoxy) is 9. The zero-order valence-electron chi connectivity index (χ0n) is 27.0. The second kappa shape index (κ2) is 25.2. The molecule has 0 atom stereocenters. The van der Waals surface area contributed by atoms with Crippen molar-refractivity contribution in [1.29, 1.82) is 0 Å². The van der Waals surface area contributed by atoms with Crippen LogP contribution < -0.4 is 14.2 Å². The van der Waals surface area contributed by atoms with Gasteiger partial charge in [0, 0.05) is 24.6 Å². The Kier molecular flexibility index (Phi) is 21.2. The summed E-state index contributed by atoms with van der Waals surface area (Å²) in [4.78, 5) is 33.2. The van der Waals surface area contributed by atoms with Gasteiger partial charge in [-0.15, -0.1) is 11.6 Å². The number of hydrogen-bond donors (Lipinski definition) is 0. The number of nitro groups is 2. The molecular formula is C31H43ClN2O14. The average Bonchev–Trinajstić information content (AvgIpc) is 3.08. The number of alkyl halides is 1. The molecule has 17 heteroatoms. The number of hydrogen-bond acceptors (Lipinski definition) is 14. The fourth-order valence-corrected chi connectivity index (χ4v) is 4.08. The van der Waals surface area contributed by atoms with Crippen molar-refractivity contribution in [1.82, 2.24) is 0 Å². The van der Waals surface area contributed by atoms with E-state index >= 15 is 0 Å². The van der Waals surface area contributed by atoms with E-state index in [4.69, 9.17) is 54.2 Å². The van der Waals surface area contributed by atoms with Crippen LogP contribution in [0.5, 0.6) is 17.2 Å². The summed E-state index contributed by atoms with van der Waals surface area (Å²) < 4.78 is 48.2. The maximum Gasteiger partial charge on any atom is 0.514 e. The lowest BCUT2D eigenvalue weighted by atomic mass is 10.1. The molecule has 0 N–H and O–H groups in total. The van der Waals surface area contributed by atoms with E-state index in [0.717, 1.165) is 50.5 Å². The van der Waals surface area contributed by atoms with Gasteiger partial charge in [0.2, 0.25) is 0 Å². The average molecular weight is 703 g/mol. The summed E-state index contributed by atoms with van der Waals surface area (Å²) in [6, 6.07) is 7.22. The van der Waals surface area contributed by atoms with Gasteiger partial charge >= 0.3 is 6.16 Å². The number of carbonyl (C=O) groups is 1. The van der Waals surface area contributed by atoms with Gasteiger partial charge in [-0.3, -0.25) is 20.2 Å². The minimum atomic E-state index is -1.16. The van der Waals surface area contributed by atoms with Crippen molar-refractivity contribution in [2.24, 2.45) is 0 Å². The highest BCUT2D eigenvalue weighted by Gasteiger charge is 2.22. The summed E-state index contributed by atoms with van der Waals surface area (Å²) in [5, 5.41) is 22.4. The number of benzene rings is 2. The van der Waals surface area contributed by atoms with Gasteiger partial charge < -0.3 is 42.6 Å². The zero-order chi connectivity index (χ0) is 34.8. The third-order valence-corrected chi connectivity index (χ3v) is 6.57. The Balaban J connectivity index is 1.56. The molecule has 16 nitrogen and oxygen atoms in total. The SMILES string of the molecule is COc1cc(COC(=O)Oc2ccc([N+](=O)[O-])cc2)c([N+](=O)[O-])cc1OCCOCCOCCOCCOCCOCCCCCCCl. The van der Waals surface area contributed by atoms with Crippen LogP contribution in [0, 0.1) is 20.2 Å². The minimum Gasteiger partial charge on any atom is -0.493 e. The van der Waals surface area contributed by atoms with Crippen LogP contribution in [-0.4, -0.2) is 102 Å². The summed E-state index contributed by atoms with van der Waals surface area (Å²) in [6.07, 6.45) is 3.19. The van der Waals surface area contributed by atoms with Crippen LogP contribution in [-0.2, 0) is 35.0 Å². The molecule has 2 rings (SSSR count). The van der Waals surface area contributed by atoms with E-state index in [9.17, 15) is 25.0 Å². The van der Waals surface area contributed by atoms with Crippen LogP contribution in [0.3, 0.4) is 0 Å². The molecule has 0 spiro atoms. The summed E-state index contributed by atoms with van der Waals surface area (Å²) in [5.41, 5.74) is -0.527. The Morgan fingerprint density at radius 3 is 1.75 bits per heavy atom. The second-order valence-corrected chi connectivity index (χ2v) is 10.2. The molecule has 0 unspecified atom stereocenters. The van der Waals surface area contributed by atoms with Crippen LogP contribution in [0.2, 0.25) is 0 Å². The topological polar surface area (TPSA) is 186 Å². The summed E-state index contributed by atoms with van der Waals surface area (Å²) >= 11 is 5.65. The molecule has 0 aliphatic rings. The monoisotopic (exact) mass is 702 g/mol. The molecule has 0 fully saturated rings. The summed E-state index contributed by atoms with van der Waals surface area (Å²) in [6.45, 7) is 4.00. The molecule has 48 heavy (non-hydrogen) atoms. The molecule has 0 bridgehead atoms. The van der Waals surface area contributed by atoms with Crippen LogP contribution in [0.25, 0.3) is 0 Å². The van der Waals surface area contributed by atoms with Gasteiger partial charge in [-0.1, -0.05) is 12.8 Å². The first-order valence-corrected chi connectivity index (χ1v) is 15.9. The van der Waals surface area contributed by atoms with E-state index in [-0.39, 0.29) is 47.4 Å². The van der Waals surface area contributed by atoms with E-state index in [2.05, 4.69) is 0 Å². The lowest BCUT2D eigenvalue weighted by molar-refractivity contribution is -0.386. The van der Waals surface area contributed by atoms with E-state index in [1.807, 2.05) is 0 Å². The predicted octanol–water partition coefficient (Wildman–Crippen LogP) is 5.49. The molecule has 0 heterocycles. The lowest BCUT2D eigenvalue weighted by Crippen LogP contribution is -2.14. The van der Waals surface area contributed by atoms with Crippen molar-refractivity contribution in [3.63, 3.8) is 0 Å². The first-order chi connectivity index (χ1) is 23.3. The van der Waals surface area contributed by atoms with Crippen LogP contribution in [0.4, 0.5) is 16.2 Å². The van der Waals surface area contributed by atoms with Crippen LogP contribution in [0.15, 0.2) is 36.4 Å². The van der Waals surface area contributed by atoms with Crippen molar-refractivity contribution < 1.29 is 57.3 Å². The predicted molar refractivity (Wildman–Crippen MR) is 172 cm³/mol. The maximum absolute atomic E-state index is 12.1. The van der Waals surface area contributed by atoms with E-state index in [1.165, 1.54) is 25.3 Å². The van der Waals surface area contributed by atoms with Gasteiger partial charge in [-0.2, -0.15) is 0 Å². The number of non-ortho nitro benzene ring substituents is 1. The minimum absolute atomic E-state index is 0.000830. The fraction of sp³-hybridized carbons (Fsp3) is 0.581. The Morgan fingerprint density at radius 2 is 1.23 bits per heavy atom. The fourth-order valence-electron chi connectivity index (χ4n) is 3.89. The second-order valence-electron chi connectivity index (χ2n) is 9.79. The number of rotatable bonds is 28. The number of methoxy groups -OCH3 is 1. The van der Waals surface area contributed by atoms with E-state index in [1.54, 1.807) is 0 Å². The van der Waals surface area contributed by atoms with Gasteiger partial charge in [0.05, 0.1) is 88.0 Å². The zero-order valence-corrected chi connectivity index (χ0v) is 27.7. The van der Waals surface area contributed by atoms with Crippen LogP contribution >= 0.6 is 11.6 Å². The van der Waals surface area contributed by atoms with Crippen molar-refractivity contribution in [3.05, 3.63) is 62.2 Å². The molecule has 0 saturated heterocycles. The van der Waals surface area contributed by atoms with E-state index < -0.39 is 22.6 Å². The van der Waals surface area contributed by atoms with Crippen molar-refractivity contribution in [3.8, 4) is 17.2 Å². The van der Waals surface area contributed by atoms with E-state index in [0.29, 0.717) is 58.7 Å². The maximum atomic E-state index is 12.1. The summed E-state index contributed by atoms with van der Waals surface area (Å²) in [7, 11) is 1.36. The van der Waals surface area contributed by atoms with Gasteiger partial charge in [0.25, 0.3) is 11.4 Å². The molecule has 268 valence electrons. The normalized spacial score (nSPS) is 10.9. The summed E-state index contributed by atoms with van der Waals surface area (Å²) in [5.74, 6) is 0.988. The number of nitrogens with zero attached hydrogens (tertiary/aromatic N) is 2. The number of halogens is 1. The first-order valence-electron chi connectivity index (χ1n) is 15.4. The van der Waals surface area contributed by atoms with Crippen molar-refractivity contribution in [2.75, 3.05) is 85.7 Å². The third-order valence-electron chi connectivity index (χ3n) is 6.30. The molecular weight excluding hydrogens is 660 g/mol. The lowest BCUT2D eigenvalue weighted by Gasteiger charge is -2.13. The molecule has 0 aliphatic heterocycles. The highest BCUT2D eigenvalue weighted by molar-refractivity contribution is 6.17. The largest absolute Gasteiger partial charge is 0.514 e. The van der Waals surface area contributed by atoms with Crippen molar-refractivity contribution >= 4 is 29.1 Å². The molecule has 0 radical (unpaired) electrons. The van der Waals surface area contributed by atoms with Crippen LogP contribution in [0.1, 0.15) is 31.2 Å². The number of nitro benzene ring substituents is 2. The quantitative estimate of drug-likeness (QED) is 0.0270. The van der Waals surface area contributed by atoms with Crippen molar-refractivity contribution in [2.45, 2.75) is 32.3 Å². The van der Waals surface area contributed by atoms with Gasteiger partial charge in [0.15, 0.2) is 11.5 Å². The first kappa shape index (κ1) is 40.4. The highest BCUT2D eigenvalue weighted by Crippen LogP contribution is 2.35. The molecule has 2 aromatic rings. The number of carbonyl (C=O) groups excluding carboxylic acids is 1. The molecule has 0 aromatic heterocycles. The van der Waals surface area contributed by atoms with Gasteiger partial charge in [-0.25, -0.2) is 4.79 Å². The highest BCUT2D eigenvalue weighted by atomic mass is 35.5. The Morgan fingerprint density at radius 1 is 0.688 bits per heavy atom. The standard InChI is InChI=1S/C31H43ClN2O14/c1-40-29-22-25(24-47-31(35)48-27-8-6-26(7-9-27)33(36)37)28(34(38)39)23-30(29)46-21-20-45-19-18-44-17-16-43-15-14-42-13-12-41-11-5-3-2-4-10-32/h6-9,22-23H,2-5,10-21,24H2,1H3. The van der Waals surface area contributed by atoms with Gasteiger partial charge in [0.1, 0.15) is 19.0 Å². The molecule has 0 saturated carbocycles. The molecule has 0 aliphatic carbocycles. The Bertz CT molecular complexity index is 1220. The number of unbranched alkanes of at least 4 members (excludes halogenated alkanes) is 3. The Labute approximate surface area is 283 Å². The van der Waals surface area contributed by atoms with Gasteiger partial charge in [-0.05, 0) is 31.0 Å². The molecule has 2 aromatic carbocycles. The smallest absolute Gasteiger partial charge is 0.493 e. The Hall–Kier alpha value is -3.80.